The molecule has 0 atom stereocenters. The first kappa shape index (κ1) is 29.7. The zero-order valence-corrected chi connectivity index (χ0v) is 26.7. The van der Waals surface area contributed by atoms with E-state index in [1.807, 2.05) is 114 Å². The average Bonchev–Trinajstić information content (AvgIpc) is 3.48. The van der Waals surface area contributed by atoms with Gasteiger partial charge in [0, 0.05) is 59.6 Å². The van der Waals surface area contributed by atoms with Gasteiger partial charge < -0.3 is 18.9 Å². The van der Waals surface area contributed by atoms with Crippen LogP contribution in [0.25, 0.3) is 38.8 Å². The minimum atomic E-state index is 0.447. The Bertz CT molecular complexity index is 2530. The first-order valence-electron chi connectivity index (χ1n) is 16.0. The van der Waals surface area contributed by atoms with E-state index in [2.05, 4.69) is 19.9 Å². The minimum absolute atomic E-state index is 0.447. The molecule has 244 valence electrons. The van der Waals surface area contributed by atoms with Gasteiger partial charge in [-0.05, 0) is 60.7 Å². The third kappa shape index (κ3) is 6.18. The molecule has 9 rings (SSSR count). The van der Waals surface area contributed by atoms with Gasteiger partial charge in [-0.15, -0.1) is 0 Å². The summed E-state index contributed by atoms with van der Waals surface area (Å²) in [6, 6.07) is 37.7. The first-order chi connectivity index (χ1) is 25.2. The SMILES string of the molecule is c1ccc(Oc2cccc(Oc3ccc4c5ccc(Oc6cccc(Oc7ccccn7)c6)cc5n(-c5ncc6ncncc6n5)c4c3)c2)nc1. The van der Waals surface area contributed by atoms with Crippen molar-refractivity contribution >= 4 is 32.8 Å². The van der Waals surface area contributed by atoms with E-state index in [0.717, 1.165) is 21.8 Å². The van der Waals surface area contributed by atoms with Crippen molar-refractivity contribution in [2.45, 2.75) is 0 Å². The van der Waals surface area contributed by atoms with Crippen LogP contribution in [0.5, 0.6) is 46.3 Å². The van der Waals surface area contributed by atoms with E-state index in [9.17, 15) is 0 Å². The van der Waals surface area contributed by atoms with Crippen LogP contribution < -0.4 is 18.9 Å². The molecular formula is C40H25N7O4. The molecule has 11 nitrogen and oxygen atoms in total. The molecule has 4 aromatic carbocycles. The highest BCUT2D eigenvalue weighted by Gasteiger charge is 2.17. The molecule has 0 bridgehead atoms. The van der Waals surface area contributed by atoms with Crippen LogP contribution in [-0.2, 0) is 0 Å². The van der Waals surface area contributed by atoms with Crippen LogP contribution in [0.4, 0.5) is 0 Å². The second-order valence-electron chi connectivity index (χ2n) is 11.4. The zero-order chi connectivity index (χ0) is 34.0. The molecule has 51 heavy (non-hydrogen) atoms. The Balaban J connectivity index is 1.10. The largest absolute Gasteiger partial charge is 0.457 e. The highest BCUT2D eigenvalue weighted by molar-refractivity contribution is 6.09. The molecule has 0 radical (unpaired) electrons. The summed E-state index contributed by atoms with van der Waals surface area (Å²) in [5, 5.41) is 1.96. The molecular weight excluding hydrogens is 642 g/mol. The molecule has 0 saturated carbocycles. The number of pyridine rings is 2. The van der Waals surface area contributed by atoms with Gasteiger partial charge >= 0.3 is 0 Å². The Labute approximate surface area is 290 Å². The van der Waals surface area contributed by atoms with Crippen LogP contribution in [0.2, 0.25) is 0 Å². The molecule has 5 heterocycles. The van der Waals surface area contributed by atoms with Gasteiger partial charge in [0.2, 0.25) is 17.7 Å². The fourth-order valence-corrected chi connectivity index (χ4v) is 5.73. The molecule has 0 fully saturated rings. The standard InChI is InChI=1S/C40H25N7O4/c1-3-17-42-38(11-1)50-28-9-5-7-26(19-28)48-30-13-15-32-33-16-14-31(49-27-8-6-10-29(20-27)51-39-12-2-4-18-43-39)22-37(33)47(36(32)21-30)40-44-24-34-35(46-40)23-41-25-45-34/h1-25H. The fourth-order valence-electron chi connectivity index (χ4n) is 5.73. The minimum Gasteiger partial charge on any atom is -0.457 e. The van der Waals surface area contributed by atoms with Gasteiger partial charge in [0.05, 0.1) is 23.4 Å². The summed E-state index contributed by atoms with van der Waals surface area (Å²) >= 11 is 0. The number of benzene rings is 4. The molecule has 0 aliphatic rings. The summed E-state index contributed by atoms with van der Waals surface area (Å²) < 4.78 is 26.6. The highest BCUT2D eigenvalue weighted by Crippen LogP contribution is 2.38. The predicted octanol–water partition coefficient (Wildman–Crippen LogP) is 9.48. The molecule has 0 aliphatic heterocycles. The summed E-state index contributed by atoms with van der Waals surface area (Å²) in [6.45, 7) is 0. The van der Waals surface area contributed by atoms with Crippen molar-refractivity contribution < 1.29 is 18.9 Å². The topological polar surface area (TPSA) is 119 Å². The number of fused-ring (bicyclic) bond motifs is 4. The first-order valence-corrected chi connectivity index (χ1v) is 16.0. The average molecular weight is 668 g/mol. The lowest BCUT2D eigenvalue weighted by molar-refractivity contribution is 0.448. The number of hydrogen-bond acceptors (Lipinski definition) is 10. The maximum absolute atomic E-state index is 6.36. The van der Waals surface area contributed by atoms with Gasteiger partial charge in [0.1, 0.15) is 51.9 Å². The second kappa shape index (κ2) is 12.9. The maximum Gasteiger partial charge on any atom is 0.235 e. The Morgan fingerprint density at radius 3 is 1.53 bits per heavy atom. The third-order valence-electron chi connectivity index (χ3n) is 7.96. The second-order valence-corrected chi connectivity index (χ2v) is 11.4. The van der Waals surface area contributed by atoms with Gasteiger partial charge in [-0.3, -0.25) is 4.57 Å². The van der Waals surface area contributed by atoms with Crippen LogP contribution in [0, 0.1) is 0 Å². The van der Waals surface area contributed by atoms with E-state index in [0.29, 0.717) is 63.2 Å². The van der Waals surface area contributed by atoms with Gasteiger partial charge in [-0.2, -0.15) is 0 Å². The van der Waals surface area contributed by atoms with Crippen LogP contribution in [0.15, 0.2) is 152 Å². The third-order valence-corrected chi connectivity index (χ3v) is 7.96. The fraction of sp³-hybridized carbons (Fsp3) is 0. The van der Waals surface area contributed by atoms with Gasteiger partial charge in [-0.1, -0.05) is 24.3 Å². The Kier molecular flexibility index (Phi) is 7.52. The lowest BCUT2D eigenvalue weighted by Gasteiger charge is -2.11. The van der Waals surface area contributed by atoms with E-state index < -0.39 is 0 Å². The van der Waals surface area contributed by atoms with Crippen molar-refractivity contribution in [2.75, 3.05) is 0 Å². The van der Waals surface area contributed by atoms with Gasteiger partial charge in [-0.25, -0.2) is 29.9 Å². The van der Waals surface area contributed by atoms with Crippen LogP contribution in [0.1, 0.15) is 0 Å². The predicted molar refractivity (Wildman–Crippen MR) is 191 cm³/mol. The number of hydrogen-bond donors (Lipinski definition) is 0. The lowest BCUT2D eigenvalue weighted by Crippen LogP contribution is -2.02. The van der Waals surface area contributed by atoms with Crippen LogP contribution >= 0.6 is 0 Å². The summed E-state index contributed by atoms with van der Waals surface area (Å²) in [7, 11) is 0. The highest BCUT2D eigenvalue weighted by atomic mass is 16.5. The van der Waals surface area contributed by atoms with Crippen molar-refractivity contribution in [1.82, 2.24) is 34.5 Å². The number of ether oxygens (including phenoxy) is 4. The summed E-state index contributed by atoms with van der Waals surface area (Å²) in [5.41, 5.74) is 2.93. The van der Waals surface area contributed by atoms with E-state index in [1.54, 1.807) is 36.9 Å². The number of nitrogens with zero attached hydrogens (tertiary/aromatic N) is 7. The smallest absolute Gasteiger partial charge is 0.235 e. The van der Waals surface area contributed by atoms with Crippen molar-refractivity contribution in [3.05, 3.63) is 152 Å². The molecule has 0 unspecified atom stereocenters. The van der Waals surface area contributed by atoms with E-state index in [1.165, 1.54) is 6.33 Å². The van der Waals surface area contributed by atoms with E-state index >= 15 is 0 Å². The summed E-state index contributed by atoms with van der Waals surface area (Å²) in [6.07, 6.45) is 8.21. The molecule has 0 amide bonds. The molecule has 0 N–H and O–H groups in total. The van der Waals surface area contributed by atoms with Crippen LogP contribution in [-0.4, -0.2) is 34.5 Å². The van der Waals surface area contributed by atoms with Crippen molar-refractivity contribution in [3.63, 3.8) is 0 Å². The molecule has 0 spiro atoms. The monoisotopic (exact) mass is 667 g/mol. The molecule has 0 aliphatic carbocycles. The van der Waals surface area contributed by atoms with Gasteiger partial charge in [0.25, 0.3) is 0 Å². The number of rotatable bonds is 9. The molecule has 9 aromatic rings. The maximum atomic E-state index is 6.36. The number of aromatic nitrogens is 7. The van der Waals surface area contributed by atoms with E-state index in [-0.39, 0.29) is 0 Å². The summed E-state index contributed by atoms with van der Waals surface area (Å²) in [5.74, 6) is 5.10. The molecule has 0 saturated heterocycles. The van der Waals surface area contributed by atoms with E-state index in [4.69, 9.17) is 28.9 Å². The van der Waals surface area contributed by atoms with Crippen molar-refractivity contribution in [2.24, 2.45) is 0 Å². The lowest BCUT2D eigenvalue weighted by atomic mass is 10.1. The van der Waals surface area contributed by atoms with Gasteiger partial charge in [0.15, 0.2) is 0 Å². The van der Waals surface area contributed by atoms with Crippen molar-refractivity contribution in [3.8, 4) is 52.2 Å². The van der Waals surface area contributed by atoms with Crippen molar-refractivity contribution in [1.29, 1.82) is 0 Å². The summed E-state index contributed by atoms with van der Waals surface area (Å²) in [4.78, 5) is 26.5. The molecule has 5 aromatic heterocycles. The van der Waals surface area contributed by atoms with Crippen LogP contribution in [0.3, 0.4) is 0 Å². The zero-order valence-electron chi connectivity index (χ0n) is 26.7. The molecule has 11 heteroatoms. The Morgan fingerprint density at radius 1 is 0.431 bits per heavy atom. The quantitative estimate of drug-likeness (QED) is 0.147. The Hall–Kier alpha value is -7.40. The Morgan fingerprint density at radius 2 is 0.980 bits per heavy atom. The normalized spacial score (nSPS) is 11.1.